The summed E-state index contributed by atoms with van der Waals surface area (Å²) in [6.07, 6.45) is 0.870. The highest BCUT2D eigenvalue weighted by Crippen LogP contribution is 2.07. The molecule has 0 aliphatic rings. The SMILES string of the molecule is CCC(C)NC(=O)c1ccc(CNS(=O)(=O)N(C)C(C)C)cc1. The van der Waals surface area contributed by atoms with E-state index in [1.165, 1.54) is 11.4 Å². The fourth-order valence-electron chi connectivity index (χ4n) is 1.74. The van der Waals surface area contributed by atoms with E-state index < -0.39 is 10.2 Å². The second-order valence-corrected chi connectivity index (χ2v) is 7.73. The molecule has 0 saturated heterocycles. The molecule has 1 rings (SSSR count). The van der Waals surface area contributed by atoms with E-state index in [4.69, 9.17) is 0 Å². The Morgan fingerprint density at radius 2 is 1.74 bits per heavy atom. The molecule has 1 atom stereocenters. The van der Waals surface area contributed by atoms with Crippen LogP contribution in [-0.4, -0.2) is 37.8 Å². The summed E-state index contributed by atoms with van der Waals surface area (Å²) in [6.45, 7) is 7.77. The Morgan fingerprint density at radius 3 is 2.22 bits per heavy atom. The normalized spacial score (nSPS) is 13.3. The Labute approximate surface area is 139 Å². The molecule has 1 amide bonds. The molecule has 0 heterocycles. The van der Waals surface area contributed by atoms with Crippen LogP contribution >= 0.6 is 0 Å². The van der Waals surface area contributed by atoms with Gasteiger partial charge >= 0.3 is 0 Å². The van der Waals surface area contributed by atoms with Crippen molar-refractivity contribution >= 4 is 16.1 Å². The molecule has 0 aliphatic carbocycles. The smallest absolute Gasteiger partial charge is 0.279 e. The van der Waals surface area contributed by atoms with Crippen molar-refractivity contribution < 1.29 is 13.2 Å². The minimum absolute atomic E-state index is 0.112. The van der Waals surface area contributed by atoms with Crippen LogP contribution in [0.25, 0.3) is 0 Å². The lowest BCUT2D eigenvalue weighted by atomic mass is 10.1. The van der Waals surface area contributed by atoms with Gasteiger partial charge in [0.15, 0.2) is 0 Å². The van der Waals surface area contributed by atoms with Crippen molar-refractivity contribution in [3.8, 4) is 0 Å². The molecule has 0 aliphatic heterocycles. The lowest BCUT2D eigenvalue weighted by molar-refractivity contribution is 0.0939. The van der Waals surface area contributed by atoms with Gasteiger partial charge in [-0.1, -0.05) is 19.1 Å². The van der Waals surface area contributed by atoms with Crippen molar-refractivity contribution in [1.29, 1.82) is 0 Å². The molecule has 0 spiro atoms. The Kier molecular flexibility index (Phi) is 7.18. The summed E-state index contributed by atoms with van der Waals surface area (Å²) in [4.78, 5) is 12.0. The molecule has 0 radical (unpaired) electrons. The van der Waals surface area contributed by atoms with Crippen LogP contribution in [0, 0.1) is 0 Å². The monoisotopic (exact) mass is 341 g/mol. The topological polar surface area (TPSA) is 78.5 Å². The fraction of sp³-hybridized carbons (Fsp3) is 0.562. The summed E-state index contributed by atoms with van der Waals surface area (Å²) in [7, 11) is -1.96. The molecule has 0 fully saturated rings. The summed E-state index contributed by atoms with van der Waals surface area (Å²) in [6, 6.07) is 6.92. The van der Waals surface area contributed by atoms with Crippen LogP contribution in [0.15, 0.2) is 24.3 Å². The van der Waals surface area contributed by atoms with Crippen molar-refractivity contribution in [2.45, 2.75) is 52.7 Å². The van der Waals surface area contributed by atoms with Crippen LogP contribution in [0.4, 0.5) is 0 Å². The van der Waals surface area contributed by atoms with Crippen LogP contribution in [0.2, 0.25) is 0 Å². The molecular weight excluding hydrogens is 314 g/mol. The summed E-state index contributed by atoms with van der Waals surface area (Å²) in [5, 5.41) is 2.89. The highest BCUT2D eigenvalue weighted by Gasteiger charge is 2.19. The van der Waals surface area contributed by atoms with Crippen molar-refractivity contribution in [3.05, 3.63) is 35.4 Å². The van der Waals surface area contributed by atoms with Gasteiger partial charge < -0.3 is 5.32 Å². The number of amides is 1. The minimum atomic E-state index is -3.50. The number of benzene rings is 1. The van der Waals surface area contributed by atoms with Crippen LogP contribution in [0.1, 0.15) is 50.0 Å². The number of rotatable bonds is 8. The maximum Gasteiger partial charge on any atom is 0.279 e. The number of carbonyl (C=O) groups is 1. The van der Waals surface area contributed by atoms with Gasteiger partial charge in [0, 0.05) is 31.2 Å². The second-order valence-electron chi connectivity index (χ2n) is 5.92. The molecule has 7 heteroatoms. The van der Waals surface area contributed by atoms with Gasteiger partial charge in [0.2, 0.25) is 0 Å². The molecule has 2 N–H and O–H groups in total. The van der Waals surface area contributed by atoms with Crippen LogP contribution in [0.5, 0.6) is 0 Å². The zero-order chi connectivity index (χ0) is 17.6. The third kappa shape index (κ3) is 5.93. The van der Waals surface area contributed by atoms with Gasteiger partial charge in [-0.2, -0.15) is 17.4 Å². The zero-order valence-electron chi connectivity index (χ0n) is 14.5. The van der Waals surface area contributed by atoms with Gasteiger partial charge in [-0.15, -0.1) is 0 Å². The van der Waals surface area contributed by atoms with E-state index in [-0.39, 0.29) is 24.5 Å². The zero-order valence-corrected chi connectivity index (χ0v) is 15.3. The summed E-state index contributed by atoms with van der Waals surface area (Å²) < 4.78 is 27.9. The molecule has 0 aromatic heterocycles. The Balaban J connectivity index is 2.66. The molecule has 1 aromatic rings. The standard InChI is InChI=1S/C16H27N3O3S/c1-6-13(4)18-16(20)15-9-7-14(8-10-15)11-17-23(21,22)19(5)12(2)3/h7-10,12-13,17H,6,11H2,1-5H3,(H,18,20). The third-order valence-corrected chi connectivity index (χ3v) is 5.46. The third-order valence-electron chi connectivity index (χ3n) is 3.77. The first-order valence-corrected chi connectivity index (χ1v) is 9.23. The van der Waals surface area contributed by atoms with E-state index in [2.05, 4.69) is 10.0 Å². The van der Waals surface area contributed by atoms with Gasteiger partial charge in [-0.3, -0.25) is 4.79 Å². The summed E-state index contributed by atoms with van der Waals surface area (Å²) in [5.74, 6) is -0.119. The van der Waals surface area contributed by atoms with Gasteiger partial charge in [0.25, 0.3) is 16.1 Å². The van der Waals surface area contributed by atoms with Crippen molar-refractivity contribution in [2.24, 2.45) is 0 Å². The summed E-state index contributed by atoms with van der Waals surface area (Å²) in [5.41, 5.74) is 1.36. The van der Waals surface area contributed by atoms with Crippen LogP contribution < -0.4 is 10.0 Å². The van der Waals surface area contributed by atoms with Crippen LogP contribution in [0.3, 0.4) is 0 Å². The molecule has 23 heavy (non-hydrogen) atoms. The number of hydrogen-bond acceptors (Lipinski definition) is 3. The number of carbonyl (C=O) groups excluding carboxylic acids is 1. The van der Waals surface area contributed by atoms with Gasteiger partial charge in [-0.25, -0.2) is 0 Å². The van der Waals surface area contributed by atoms with Crippen molar-refractivity contribution in [1.82, 2.24) is 14.3 Å². The Bertz CT molecular complexity index is 612. The second kappa shape index (κ2) is 8.42. The molecule has 1 unspecified atom stereocenters. The number of hydrogen-bond donors (Lipinski definition) is 2. The van der Waals surface area contributed by atoms with E-state index in [0.29, 0.717) is 5.56 Å². The maximum absolute atomic E-state index is 12.0. The highest BCUT2D eigenvalue weighted by molar-refractivity contribution is 7.87. The highest BCUT2D eigenvalue weighted by atomic mass is 32.2. The predicted octanol–water partition coefficient (Wildman–Crippen LogP) is 1.89. The van der Waals surface area contributed by atoms with Crippen molar-refractivity contribution in [2.75, 3.05) is 7.05 Å². The lowest BCUT2D eigenvalue weighted by Gasteiger charge is -2.21. The van der Waals surface area contributed by atoms with Gasteiger partial charge in [0.05, 0.1) is 0 Å². The maximum atomic E-state index is 12.0. The van der Waals surface area contributed by atoms with Crippen molar-refractivity contribution in [3.63, 3.8) is 0 Å². The molecular formula is C16H27N3O3S. The molecule has 1 aromatic carbocycles. The van der Waals surface area contributed by atoms with Gasteiger partial charge in [0.1, 0.15) is 0 Å². The first-order chi connectivity index (χ1) is 10.7. The van der Waals surface area contributed by atoms with E-state index in [9.17, 15) is 13.2 Å². The Morgan fingerprint density at radius 1 is 1.17 bits per heavy atom. The average Bonchev–Trinajstić information content (AvgIpc) is 2.52. The molecule has 6 nitrogen and oxygen atoms in total. The van der Waals surface area contributed by atoms with E-state index in [1.807, 2.05) is 27.7 Å². The van der Waals surface area contributed by atoms with E-state index in [0.717, 1.165) is 12.0 Å². The lowest BCUT2D eigenvalue weighted by Crippen LogP contribution is -2.41. The number of nitrogens with zero attached hydrogens (tertiary/aromatic N) is 1. The van der Waals surface area contributed by atoms with Gasteiger partial charge in [-0.05, 0) is 44.9 Å². The summed E-state index contributed by atoms with van der Waals surface area (Å²) >= 11 is 0. The predicted molar refractivity (Wildman–Crippen MR) is 92.3 cm³/mol. The van der Waals surface area contributed by atoms with E-state index >= 15 is 0 Å². The molecule has 130 valence electrons. The fourth-order valence-corrected chi connectivity index (χ4v) is 2.84. The largest absolute Gasteiger partial charge is 0.350 e. The molecule has 0 saturated carbocycles. The van der Waals surface area contributed by atoms with E-state index in [1.54, 1.807) is 24.3 Å². The molecule has 0 bridgehead atoms. The average molecular weight is 341 g/mol. The Hall–Kier alpha value is -1.44. The van der Waals surface area contributed by atoms with Crippen LogP contribution in [-0.2, 0) is 16.8 Å². The first-order valence-electron chi connectivity index (χ1n) is 7.79. The first kappa shape index (κ1) is 19.6. The number of nitrogens with one attached hydrogen (secondary N) is 2. The minimum Gasteiger partial charge on any atom is -0.350 e. The quantitative estimate of drug-likeness (QED) is 0.758.